The van der Waals surface area contributed by atoms with Gasteiger partial charge < -0.3 is 15.4 Å². The largest absolute Gasteiger partial charge is 0.496 e. The molecule has 0 atom stereocenters. The SMILES string of the molecule is CCCNCCNC(=O)CCC(=O)c1cc(Br)ccc1OC. The number of rotatable bonds is 10. The van der Waals surface area contributed by atoms with Crippen molar-refractivity contribution in [2.24, 2.45) is 0 Å². The minimum atomic E-state index is -0.111. The number of hydrogen-bond acceptors (Lipinski definition) is 4. The van der Waals surface area contributed by atoms with Crippen LogP contribution in [0.4, 0.5) is 0 Å². The summed E-state index contributed by atoms with van der Waals surface area (Å²) >= 11 is 3.33. The van der Waals surface area contributed by atoms with E-state index in [1.54, 1.807) is 12.1 Å². The highest BCUT2D eigenvalue weighted by atomic mass is 79.9. The molecule has 0 saturated carbocycles. The van der Waals surface area contributed by atoms with E-state index in [2.05, 4.69) is 33.5 Å². The van der Waals surface area contributed by atoms with Crippen LogP contribution < -0.4 is 15.4 Å². The fourth-order valence-corrected chi connectivity index (χ4v) is 2.30. The van der Waals surface area contributed by atoms with Gasteiger partial charge in [-0.2, -0.15) is 0 Å². The molecule has 0 unspecified atom stereocenters. The molecule has 0 spiro atoms. The Kier molecular flexibility index (Phi) is 8.77. The Bertz CT molecular complexity index is 506. The van der Waals surface area contributed by atoms with Crippen LogP contribution in [0.15, 0.2) is 22.7 Å². The zero-order valence-electron chi connectivity index (χ0n) is 13.1. The predicted octanol–water partition coefficient (Wildman–Crippen LogP) is 2.54. The Labute approximate surface area is 139 Å². The first-order valence-corrected chi connectivity index (χ1v) is 8.22. The molecule has 0 aromatic heterocycles. The van der Waals surface area contributed by atoms with E-state index in [0.717, 1.165) is 24.0 Å². The van der Waals surface area contributed by atoms with Crippen LogP contribution >= 0.6 is 15.9 Å². The van der Waals surface area contributed by atoms with Crippen molar-refractivity contribution in [2.75, 3.05) is 26.7 Å². The number of ether oxygens (including phenoxy) is 1. The lowest BCUT2D eigenvalue weighted by Crippen LogP contribution is -2.32. The summed E-state index contributed by atoms with van der Waals surface area (Å²) in [6, 6.07) is 5.26. The van der Waals surface area contributed by atoms with Crippen molar-refractivity contribution >= 4 is 27.6 Å². The van der Waals surface area contributed by atoms with Crippen molar-refractivity contribution in [3.05, 3.63) is 28.2 Å². The Morgan fingerprint density at radius 2 is 1.95 bits per heavy atom. The van der Waals surface area contributed by atoms with Gasteiger partial charge in [0.25, 0.3) is 0 Å². The van der Waals surface area contributed by atoms with E-state index in [4.69, 9.17) is 4.74 Å². The number of carbonyl (C=O) groups excluding carboxylic acids is 2. The Balaban J connectivity index is 2.39. The molecular formula is C16H23BrN2O3. The number of carbonyl (C=O) groups is 2. The van der Waals surface area contributed by atoms with Gasteiger partial charge in [0.15, 0.2) is 5.78 Å². The topological polar surface area (TPSA) is 67.4 Å². The molecule has 1 amide bonds. The molecule has 0 heterocycles. The first-order valence-electron chi connectivity index (χ1n) is 7.42. The van der Waals surface area contributed by atoms with Crippen molar-refractivity contribution < 1.29 is 14.3 Å². The minimum Gasteiger partial charge on any atom is -0.496 e. The highest BCUT2D eigenvalue weighted by Crippen LogP contribution is 2.24. The summed E-state index contributed by atoms with van der Waals surface area (Å²) in [5.41, 5.74) is 0.495. The molecule has 1 aromatic carbocycles. The van der Waals surface area contributed by atoms with Gasteiger partial charge in [-0.15, -0.1) is 0 Å². The molecule has 0 bridgehead atoms. The molecule has 6 heteroatoms. The third-order valence-electron chi connectivity index (χ3n) is 3.09. The summed E-state index contributed by atoms with van der Waals surface area (Å²) in [5, 5.41) is 5.99. The van der Waals surface area contributed by atoms with Crippen molar-refractivity contribution in [3.63, 3.8) is 0 Å². The average molecular weight is 371 g/mol. The van der Waals surface area contributed by atoms with Crippen LogP contribution in [0.5, 0.6) is 5.75 Å². The van der Waals surface area contributed by atoms with Crippen molar-refractivity contribution in [1.82, 2.24) is 10.6 Å². The zero-order chi connectivity index (χ0) is 16.4. The maximum atomic E-state index is 12.2. The number of ketones is 1. The molecule has 0 fully saturated rings. The molecule has 0 aliphatic rings. The van der Waals surface area contributed by atoms with Crippen LogP contribution in [-0.4, -0.2) is 38.4 Å². The van der Waals surface area contributed by atoms with Crippen LogP contribution in [0, 0.1) is 0 Å². The van der Waals surface area contributed by atoms with Crippen molar-refractivity contribution in [1.29, 1.82) is 0 Å². The van der Waals surface area contributed by atoms with E-state index in [9.17, 15) is 9.59 Å². The predicted molar refractivity (Wildman–Crippen MR) is 90.4 cm³/mol. The molecule has 1 aromatic rings. The van der Waals surface area contributed by atoms with Gasteiger partial charge in [-0.25, -0.2) is 0 Å². The lowest BCUT2D eigenvalue weighted by Gasteiger charge is -2.09. The smallest absolute Gasteiger partial charge is 0.220 e. The monoisotopic (exact) mass is 370 g/mol. The maximum Gasteiger partial charge on any atom is 0.220 e. The van der Waals surface area contributed by atoms with E-state index in [0.29, 0.717) is 17.9 Å². The Morgan fingerprint density at radius 1 is 1.18 bits per heavy atom. The first-order chi connectivity index (χ1) is 10.6. The van der Waals surface area contributed by atoms with Crippen LogP contribution in [0.3, 0.4) is 0 Å². The summed E-state index contributed by atoms with van der Waals surface area (Å²) in [6.07, 6.45) is 1.42. The van der Waals surface area contributed by atoms with Gasteiger partial charge >= 0.3 is 0 Å². The summed E-state index contributed by atoms with van der Waals surface area (Å²) in [5.74, 6) is 0.315. The Hall–Kier alpha value is -1.40. The molecular weight excluding hydrogens is 348 g/mol. The summed E-state index contributed by atoms with van der Waals surface area (Å²) in [4.78, 5) is 23.9. The highest BCUT2D eigenvalue weighted by Gasteiger charge is 2.14. The maximum absolute atomic E-state index is 12.2. The number of Topliss-reactive ketones (excluding diaryl/α,β-unsaturated/α-hetero) is 1. The van der Waals surface area contributed by atoms with Crippen LogP contribution in [0.25, 0.3) is 0 Å². The van der Waals surface area contributed by atoms with Gasteiger partial charge in [0.05, 0.1) is 12.7 Å². The number of methoxy groups -OCH3 is 1. The van der Waals surface area contributed by atoms with E-state index < -0.39 is 0 Å². The van der Waals surface area contributed by atoms with Gasteiger partial charge in [0.1, 0.15) is 5.75 Å². The normalized spacial score (nSPS) is 10.3. The second kappa shape index (κ2) is 10.3. The molecule has 0 aliphatic heterocycles. The second-order valence-corrected chi connectivity index (χ2v) is 5.78. The summed E-state index contributed by atoms with van der Waals surface area (Å²) in [7, 11) is 1.52. The molecule has 0 saturated heterocycles. The van der Waals surface area contributed by atoms with E-state index in [1.807, 2.05) is 6.07 Å². The van der Waals surface area contributed by atoms with Gasteiger partial charge in [-0.05, 0) is 31.2 Å². The summed E-state index contributed by atoms with van der Waals surface area (Å²) in [6.45, 7) is 4.35. The summed E-state index contributed by atoms with van der Waals surface area (Å²) < 4.78 is 5.99. The number of hydrogen-bond donors (Lipinski definition) is 2. The van der Waals surface area contributed by atoms with Crippen LogP contribution in [-0.2, 0) is 4.79 Å². The quantitative estimate of drug-likeness (QED) is 0.490. The minimum absolute atomic E-state index is 0.0996. The van der Waals surface area contributed by atoms with Crippen LogP contribution in [0.2, 0.25) is 0 Å². The lowest BCUT2D eigenvalue weighted by molar-refractivity contribution is -0.121. The fourth-order valence-electron chi connectivity index (χ4n) is 1.94. The van der Waals surface area contributed by atoms with E-state index in [-0.39, 0.29) is 24.5 Å². The van der Waals surface area contributed by atoms with E-state index >= 15 is 0 Å². The number of amides is 1. The molecule has 5 nitrogen and oxygen atoms in total. The lowest BCUT2D eigenvalue weighted by atomic mass is 10.1. The van der Waals surface area contributed by atoms with Gasteiger partial charge in [-0.1, -0.05) is 22.9 Å². The number of nitrogens with one attached hydrogen (secondary N) is 2. The molecule has 22 heavy (non-hydrogen) atoms. The van der Waals surface area contributed by atoms with Gasteiger partial charge in [0, 0.05) is 30.4 Å². The third-order valence-corrected chi connectivity index (χ3v) is 3.59. The van der Waals surface area contributed by atoms with Crippen molar-refractivity contribution in [2.45, 2.75) is 26.2 Å². The molecule has 0 aliphatic carbocycles. The van der Waals surface area contributed by atoms with Crippen LogP contribution in [0.1, 0.15) is 36.5 Å². The molecule has 2 N–H and O–H groups in total. The second-order valence-electron chi connectivity index (χ2n) is 4.87. The number of halogens is 1. The van der Waals surface area contributed by atoms with E-state index in [1.165, 1.54) is 7.11 Å². The average Bonchev–Trinajstić information content (AvgIpc) is 2.52. The third kappa shape index (κ3) is 6.58. The standard InChI is InChI=1S/C16H23BrN2O3/c1-3-8-18-9-10-19-16(21)7-5-14(20)13-11-12(17)4-6-15(13)22-2/h4,6,11,18H,3,5,7-10H2,1-2H3,(H,19,21). The van der Waals surface area contributed by atoms with Gasteiger partial charge in [0.2, 0.25) is 5.91 Å². The highest BCUT2D eigenvalue weighted by molar-refractivity contribution is 9.10. The molecule has 0 radical (unpaired) electrons. The molecule has 1 rings (SSSR count). The van der Waals surface area contributed by atoms with Gasteiger partial charge in [-0.3, -0.25) is 9.59 Å². The number of benzene rings is 1. The molecule has 122 valence electrons. The fraction of sp³-hybridized carbons (Fsp3) is 0.500. The van der Waals surface area contributed by atoms with Crippen molar-refractivity contribution in [3.8, 4) is 5.75 Å². The Morgan fingerprint density at radius 3 is 2.64 bits per heavy atom. The zero-order valence-corrected chi connectivity index (χ0v) is 14.7. The first kappa shape index (κ1) is 18.6.